The fourth-order valence-corrected chi connectivity index (χ4v) is 3.24. The summed E-state index contributed by atoms with van der Waals surface area (Å²) < 4.78 is 7.11. The molecule has 0 saturated heterocycles. The number of alkyl carbamates (subject to hydrolysis) is 1. The zero-order chi connectivity index (χ0) is 18.9. The van der Waals surface area contributed by atoms with Gasteiger partial charge in [0.15, 0.2) is 11.5 Å². The van der Waals surface area contributed by atoms with Crippen molar-refractivity contribution in [1.82, 2.24) is 24.8 Å². The van der Waals surface area contributed by atoms with Gasteiger partial charge in [0.05, 0.1) is 18.5 Å². The highest BCUT2D eigenvalue weighted by Gasteiger charge is 2.55. The summed E-state index contributed by atoms with van der Waals surface area (Å²) >= 11 is 0. The topological polar surface area (TPSA) is 128 Å². The van der Waals surface area contributed by atoms with Gasteiger partial charge in [0, 0.05) is 12.5 Å². The molecule has 1 aliphatic carbocycles. The van der Waals surface area contributed by atoms with Gasteiger partial charge < -0.3 is 25.5 Å². The molecule has 1 aliphatic rings. The summed E-state index contributed by atoms with van der Waals surface area (Å²) in [6.45, 7) is 0.565. The lowest BCUT2D eigenvalue weighted by Gasteiger charge is -2.17. The zero-order valence-corrected chi connectivity index (χ0v) is 14.6. The van der Waals surface area contributed by atoms with Crippen LogP contribution in [-0.2, 0) is 17.9 Å². The van der Waals surface area contributed by atoms with Gasteiger partial charge in [0.25, 0.3) is 0 Å². The van der Waals surface area contributed by atoms with Crippen LogP contribution in [0.1, 0.15) is 12.0 Å². The van der Waals surface area contributed by atoms with Crippen molar-refractivity contribution in [3.05, 3.63) is 48.5 Å². The molecule has 0 spiro atoms. The van der Waals surface area contributed by atoms with Crippen molar-refractivity contribution in [3.8, 4) is 0 Å². The van der Waals surface area contributed by atoms with E-state index in [-0.39, 0.29) is 19.1 Å². The molecule has 4 rings (SSSR count). The standard InChI is InChI=1S/C18H20N6O3/c19-15-14-16(21-10-20-15)24(11-22-14)7-13-6-18(13,9-25)23-17(26)27-8-12-4-2-1-3-5-12/h1-5,10-11,13,25H,6-9H2,(H,23,26)(H2,19,20,21)/t13-,18+/m0/s1. The van der Waals surface area contributed by atoms with Crippen molar-refractivity contribution < 1.29 is 14.6 Å². The smallest absolute Gasteiger partial charge is 0.407 e. The van der Waals surface area contributed by atoms with Crippen molar-refractivity contribution in [2.75, 3.05) is 12.3 Å². The van der Waals surface area contributed by atoms with E-state index >= 15 is 0 Å². The van der Waals surface area contributed by atoms with E-state index in [9.17, 15) is 9.90 Å². The molecule has 0 bridgehead atoms. The Morgan fingerprint density at radius 3 is 2.93 bits per heavy atom. The van der Waals surface area contributed by atoms with Gasteiger partial charge in [-0.2, -0.15) is 0 Å². The minimum absolute atomic E-state index is 0.0420. The molecule has 0 aliphatic heterocycles. The second-order valence-corrected chi connectivity index (χ2v) is 6.73. The van der Waals surface area contributed by atoms with E-state index in [0.717, 1.165) is 5.56 Å². The van der Waals surface area contributed by atoms with Crippen molar-refractivity contribution in [2.45, 2.75) is 25.1 Å². The second-order valence-electron chi connectivity index (χ2n) is 6.73. The minimum atomic E-state index is -0.692. The molecule has 1 amide bonds. The average molecular weight is 368 g/mol. The van der Waals surface area contributed by atoms with Gasteiger partial charge >= 0.3 is 6.09 Å². The number of hydrogen-bond acceptors (Lipinski definition) is 7. The fraction of sp³-hybridized carbons (Fsp3) is 0.333. The number of carbonyl (C=O) groups is 1. The van der Waals surface area contributed by atoms with Crippen LogP contribution in [0, 0.1) is 5.92 Å². The third kappa shape index (κ3) is 3.41. The van der Waals surface area contributed by atoms with Crippen LogP contribution in [0.3, 0.4) is 0 Å². The van der Waals surface area contributed by atoms with E-state index in [2.05, 4.69) is 20.3 Å². The summed E-state index contributed by atoms with van der Waals surface area (Å²) in [4.78, 5) is 24.5. The number of ether oxygens (including phenoxy) is 1. The Labute approximate surface area is 155 Å². The Bertz CT molecular complexity index is 960. The largest absolute Gasteiger partial charge is 0.445 e. The van der Waals surface area contributed by atoms with E-state index < -0.39 is 11.6 Å². The number of nitrogen functional groups attached to an aromatic ring is 1. The third-order valence-electron chi connectivity index (χ3n) is 4.92. The number of nitrogens with zero attached hydrogens (tertiary/aromatic N) is 4. The molecule has 1 aromatic carbocycles. The van der Waals surface area contributed by atoms with Crippen molar-refractivity contribution >= 4 is 23.1 Å². The molecule has 2 heterocycles. The molecule has 1 fully saturated rings. The molecule has 2 aromatic heterocycles. The summed E-state index contributed by atoms with van der Waals surface area (Å²) in [5, 5.41) is 12.6. The fourth-order valence-electron chi connectivity index (χ4n) is 3.24. The van der Waals surface area contributed by atoms with E-state index in [1.165, 1.54) is 6.33 Å². The first-order chi connectivity index (χ1) is 13.1. The number of amides is 1. The number of nitrogens with two attached hydrogens (primary N) is 1. The lowest BCUT2D eigenvalue weighted by molar-refractivity contribution is 0.123. The Kier molecular flexibility index (Phi) is 4.36. The number of carbonyl (C=O) groups excluding carboxylic acids is 1. The number of aromatic nitrogens is 4. The molecule has 9 heteroatoms. The van der Waals surface area contributed by atoms with Crippen LogP contribution in [0.4, 0.5) is 10.6 Å². The molecule has 0 radical (unpaired) electrons. The number of imidazole rings is 1. The van der Waals surface area contributed by atoms with Crippen LogP contribution < -0.4 is 11.1 Å². The summed E-state index contributed by atoms with van der Waals surface area (Å²) in [6.07, 6.45) is 3.13. The quantitative estimate of drug-likeness (QED) is 0.594. The number of aliphatic hydroxyl groups is 1. The number of rotatable bonds is 6. The second kappa shape index (κ2) is 6.84. The van der Waals surface area contributed by atoms with Gasteiger partial charge in [-0.15, -0.1) is 0 Å². The maximum Gasteiger partial charge on any atom is 0.407 e. The first kappa shape index (κ1) is 17.2. The summed E-state index contributed by atoms with van der Waals surface area (Å²) in [5.41, 5.74) is 7.19. The third-order valence-corrected chi connectivity index (χ3v) is 4.92. The number of anilines is 1. The van der Waals surface area contributed by atoms with E-state index in [1.807, 2.05) is 34.9 Å². The van der Waals surface area contributed by atoms with Crippen LogP contribution in [0.5, 0.6) is 0 Å². The highest BCUT2D eigenvalue weighted by molar-refractivity contribution is 5.81. The van der Waals surface area contributed by atoms with E-state index in [4.69, 9.17) is 10.5 Å². The monoisotopic (exact) mass is 368 g/mol. The average Bonchev–Trinajstić information content (AvgIpc) is 3.19. The zero-order valence-electron chi connectivity index (χ0n) is 14.6. The molecular formula is C18H20N6O3. The molecule has 0 unspecified atom stereocenters. The Morgan fingerprint density at radius 1 is 1.33 bits per heavy atom. The van der Waals surface area contributed by atoms with Gasteiger partial charge in [-0.3, -0.25) is 0 Å². The molecule has 9 nitrogen and oxygen atoms in total. The Morgan fingerprint density at radius 2 is 2.15 bits per heavy atom. The molecule has 140 valence electrons. The van der Waals surface area contributed by atoms with Gasteiger partial charge in [-0.05, 0) is 12.0 Å². The maximum absolute atomic E-state index is 12.1. The predicted molar refractivity (Wildman–Crippen MR) is 97.4 cm³/mol. The predicted octanol–water partition coefficient (Wildman–Crippen LogP) is 1.09. The summed E-state index contributed by atoms with van der Waals surface area (Å²) in [6, 6.07) is 9.43. The Hall–Kier alpha value is -3.20. The number of fused-ring (bicyclic) bond motifs is 1. The first-order valence-corrected chi connectivity index (χ1v) is 8.62. The van der Waals surface area contributed by atoms with Gasteiger partial charge in [-0.25, -0.2) is 19.7 Å². The molecule has 4 N–H and O–H groups in total. The number of aliphatic hydroxyl groups excluding tert-OH is 1. The molecule has 3 aromatic rings. The van der Waals surface area contributed by atoms with Gasteiger partial charge in [-0.1, -0.05) is 30.3 Å². The lowest BCUT2D eigenvalue weighted by Crippen LogP contribution is -2.42. The van der Waals surface area contributed by atoms with Crippen LogP contribution in [0.25, 0.3) is 11.2 Å². The number of hydrogen-bond donors (Lipinski definition) is 3. The van der Waals surface area contributed by atoms with Crippen LogP contribution in [0.2, 0.25) is 0 Å². The molecule has 27 heavy (non-hydrogen) atoms. The van der Waals surface area contributed by atoms with Crippen molar-refractivity contribution in [2.24, 2.45) is 5.92 Å². The van der Waals surface area contributed by atoms with Crippen molar-refractivity contribution in [3.63, 3.8) is 0 Å². The van der Waals surface area contributed by atoms with Gasteiger partial charge in [0.1, 0.15) is 18.5 Å². The van der Waals surface area contributed by atoms with Gasteiger partial charge in [0.2, 0.25) is 0 Å². The number of benzene rings is 1. The van der Waals surface area contributed by atoms with E-state index in [1.54, 1.807) is 6.33 Å². The molecule has 2 atom stereocenters. The van der Waals surface area contributed by atoms with E-state index in [0.29, 0.717) is 29.9 Å². The van der Waals surface area contributed by atoms with Crippen LogP contribution in [0.15, 0.2) is 43.0 Å². The first-order valence-electron chi connectivity index (χ1n) is 8.62. The number of nitrogens with one attached hydrogen (secondary N) is 1. The lowest BCUT2D eigenvalue weighted by atomic mass is 10.2. The highest BCUT2D eigenvalue weighted by Crippen LogP contribution is 2.44. The van der Waals surface area contributed by atoms with Crippen LogP contribution >= 0.6 is 0 Å². The van der Waals surface area contributed by atoms with Crippen LogP contribution in [-0.4, -0.2) is 42.9 Å². The minimum Gasteiger partial charge on any atom is -0.445 e. The normalized spacial score (nSPS) is 21.1. The summed E-state index contributed by atoms with van der Waals surface area (Å²) in [5.74, 6) is 0.367. The SMILES string of the molecule is Nc1ncnc2c1ncn2C[C@@H]1C[C@]1(CO)NC(=O)OCc1ccccc1. The summed E-state index contributed by atoms with van der Waals surface area (Å²) in [7, 11) is 0. The molecular weight excluding hydrogens is 348 g/mol. The Balaban J connectivity index is 1.38. The molecule has 1 saturated carbocycles. The highest BCUT2D eigenvalue weighted by atomic mass is 16.5. The maximum atomic E-state index is 12.1. The van der Waals surface area contributed by atoms with Crippen molar-refractivity contribution in [1.29, 1.82) is 0 Å².